The molecule has 2 amide bonds. The molecule has 3 atom stereocenters. The Labute approximate surface area is 236 Å². The summed E-state index contributed by atoms with van der Waals surface area (Å²) >= 11 is 0. The lowest BCUT2D eigenvalue weighted by Crippen LogP contribution is -2.55. The van der Waals surface area contributed by atoms with Crippen molar-refractivity contribution < 1.29 is 9.18 Å². The first-order chi connectivity index (χ1) is 19.4. The number of aromatic nitrogens is 4. The molecule has 2 N–H and O–H groups in total. The molecule has 10 heteroatoms. The molecule has 0 unspecified atom stereocenters. The van der Waals surface area contributed by atoms with Gasteiger partial charge in [-0.2, -0.15) is 0 Å². The van der Waals surface area contributed by atoms with Crippen LogP contribution in [0.25, 0.3) is 11.4 Å². The van der Waals surface area contributed by atoms with Crippen molar-refractivity contribution in [1.29, 1.82) is 0 Å². The Morgan fingerprint density at radius 2 is 1.90 bits per heavy atom. The number of benzene rings is 2. The lowest BCUT2D eigenvalue weighted by atomic mass is 9.88. The number of nitrogens with one attached hydrogen (secondary N) is 2. The maximum atomic E-state index is 13.4. The van der Waals surface area contributed by atoms with E-state index in [2.05, 4.69) is 42.9 Å². The van der Waals surface area contributed by atoms with Gasteiger partial charge in [0.25, 0.3) is 0 Å². The number of hydrogen-bond acceptors (Lipinski definition) is 6. The topological polar surface area (TPSA) is 91.2 Å². The molecule has 2 aliphatic rings. The van der Waals surface area contributed by atoms with E-state index in [0.717, 1.165) is 68.9 Å². The van der Waals surface area contributed by atoms with Crippen molar-refractivity contribution in [3.63, 3.8) is 0 Å². The van der Waals surface area contributed by atoms with Gasteiger partial charge in [0.2, 0.25) is 0 Å². The van der Waals surface area contributed by atoms with Crippen molar-refractivity contribution in [2.75, 3.05) is 44.6 Å². The minimum Gasteiger partial charge on any atom is -0.335 e. The van der Waals surface area contributed by atoms with Gasteiger partial charge >= 0.3 is 6.03 Å². The number of aryl methyl sites for hydroxylation is 2. The summed E-state index contributed by atoms with van der Waals surface area (Å²) in [5, 5.41) is 18.1. The molecule has 3 aromatic rings. The smallest absolute Gasteiger partial charge is 0.319 e. The Hall–Kier alpha value is -3.37. The molecule has 0 saturated carbocycles. The van der Waals surface area contributed by atoms with Crippen LogP contribution in [0.4, 0.5) is 14.9 Å². The molecule has 5 rings (SSSR count). The SMILES string of the molecule is CCN1CC[C@@H](NC(=O)Nc2cc(C)cc(-c3nnnn3C)c2)[C@H](CN2CCC[C@@H](Cc3ccc(F)cc3)C2)C1. The van der Waals surface area contributed by atoms with E-state index in [-0.39, 0.29) is 17.9 Å². The van der Waals surface area contributed by atoms with Gasteiger partial charge in [-0.05, 0) is 103 Å². The molecular formula is C30H41FN8O. The lowest BCUT2D eigenvalue weighted by Gasteiger charge is -2.42. The Bertz CT molecular complexity index is 1280. The summed E-state index contributed by atoms with van der Waals surface area (Å²) in [6.45, 7) is 10.3. The number of anilines is 1. The maximum Gasteiger partial charge on any atom is 0.319 e. The second kappa shape index (κ2) is 12.9. The van der Waals surface area contributed by atoms with Gasteiger partial charge in [0.05, 0.1) is 0 Å². The highest BCUT2D eigenvalue weighted by Gasteiger charge is 2.32. The molecule has 214 valence electrons. The van der Waals surface area contributed by atoms with Crippen LogP contribution >= 0.6 is 0 Å². The molecular weight excluding hydrogens is 507 g/mol. The largest absolute Gasteiger partial charge is 0.335 e. The zero-order chi connectivity index (χ0) is 28.1. The summed E-state index contributed by atoms with van der Waals surface area (Å²) in [7, 11) is 1.80. The quantitative estimate of drug-likeness (QED) is 0.440. The van der Waals surface area contributed by atoms with E-state index < -0.39 is 0 Å². The van der Waals surface area contributed by atoms with Crippen LogP contribution < -0.4 is 10.6 Å². The molecule has 2 aliphatic heterocycles. The fourth-order valence-electron chi connectivity index (χ4n) is 6.33. The number of piperidine rings is 2. The van der Waals surface area contributed by atoms with Crippen molar-refractivity contribution in [2.45, 2.75) is 45.6 Å². The average molecular weight is 549 g/mol. The van der Waals surface area contributed by atoms with Crippen molar-refractivity contribution in [1.82, 2.24) is 35.3 Å². The molecule has 2 saturated heterocycles. The third kappa shape index (κ3) is 7.22. The van der Waals surface area contributed by atoms with Gasteiger partial charge in [-0.3, -0.25) is 0 Å². The van der Waals surface area contributed by atoms with E-state index >= 15 is 0 Å². The van der Waals surface area contributed by atoms with Gasteiger partial charge in [0.1, 0.15) is 5.82 Å². The molecule has 3 heterocycles. The Balaban J connectivity index is 1.21. The molecule has 2 fully saturated rings. The fraction of sp³-hybridized carbons (Fsp3) is 0.533. The van der Waals surface area contributed by atoms with Crippen molar-refractivity contribution in [3.05, 3.63) is 59.4 Å². The van der Waals surface area contributed by atoms with Crippen LogP contribution in [-0.2, 0) is 13.5 Å². The van der Waals surface area contributed by atoms with E-state index in [4.69, 9.17) is 0 Å². The molecule has 2 aromatic carbocycles. The first-order valence-corrected chi connectivity index (χ1v) is 14.5. The number of tetrazole rings is 1. The number of carbonyl (C=O) groups excluding carboxylic acids is 1. The van der Waals surface area contributed by atoms with Crippen LogP contribution in [0.3, 0.4) is 0 Å². The van der Waals surface area contributed by atoms with Gasteiger partial charge in [0, 0.05) is 56.4 Å². The number of urea groups is 1. The summed E-state index contributed by atoms with van der Waals surface area (Å²) in [6.07, 6.45) is 4.29. The first kappa shape index (κ1) is 28.2. The van der Waals surface area contributed by atoms with Crippen molar-refractivity contribution in [2.24, 2.45) is 18.9 Å². The molecule has 0 bridgehead atoms. The van der Waals surface area contributed by atoms with Gasteiger partial charge in [-0.25, -0.2) is 13.9 Å². The summed E-state index contributed by atoms with van der Waals surface area (Å²) in [5.41, 5.74) is 3.80. The minimum absolute atomic E-state index is 0.104. The van der Waals surface area contributed by atoms with E-state index in [1.807, 2.05) is 37.3 Å². The number of likely N-dealkylation sites (tertiary alicyclic amines) is 2. The number of amides is 2. The van der Waals surface area contributed by atoms with Gasteiger partial charge in [-0.1, -0.05) is 19.1 Å². The van der Waals surface area contributed by atoms with E-state index in [1.165, 1.54) is 18.4 Å². The van der Waals surface area contributed by atoms with Crippen LogP contribution in [0.5, 0.6) is 0 Å². The molecule has 1 aromatic heterocycles. The Morgan fingerprint density at radius 1 is 1.07 bits per heavy atom. The third-order valence-corrected chi connectivity index (χ3v) is 8.33. The summed E-state index contributed by atoms with van der Waals surface area (Å²) in [4.78, 5) is 18.3. The number of hydrogen-bond donors (Lipinski definition) is 2. The zero-order valence-electron chi connectivity index (χ0n) is 23.8. The summed E-state index contributed by atoms with van der Waals surface area (Å²) < 4.78 is 15.0. The molecule has 0 radical (unpaired) electrons. The highest BCUT2D eigenvalue weighted by molar-refractivity contribution is 5.90. The van der Waals surface area contributed by atoms with Crippen molar-refractivity contribution in [3.8, 4) is 11.4 Å². The molecule has 0 aliphatic carbocycles. The van der Waals surface area contributed by atoms with Crippen LogP contribution in [0.1, 0.15) is 37.3 Å². The predicted molar refractivity (Wildman–Crippen MR) is 154 cm³/mol. The Morgan fingerprint density at radius 3 is 2.65 bits per heavy atom. The van der Waals surface area contributed by atoms with Crippen LogP contribution in [0.2, 0.25) is 0 Å². The summed E-state index contributed by atoms with van der Waals surface area (Å²) in [5.74, 6) is 1.39. The summed E-state index contributed by atoms with van der Waals surface area (Å²) in [6, 6.07) is 12.7. The highest BCUT2D eigenvalue weighted by Crippen LogP contribution is 2.26. The maximum absolute atomic E-state index is 13.4. The van der Waals surface area contributed by atoms with Crippen LogP contribution in [-0.4, -0.2) is 81.3 Å². The Kier molecular flexibility index (Phi) is 9.06. The molecule has 40 heavy (non-hydrogen) atoms. The third-order valence-electron chi connectivity index (χ3n) is 8.33. The van der Waals surface area contributed by atoms with Gasteiger partial charge < -0.3 is 20.4 Å². The highest BCUT2D eigenvalue weighted by atomic mass is 19.1. The minimum atomic E-state index is -0.181. The number of halogens is 1. The number of carbonyl (C=O) groups is 1. The van der Waals surface area contributed by atoms with Gasteiger partial charge in [-0.15, -0.1) is 5.10 Å². The average Bonchev–Trinajstić information content (AvgIpc) is 3.36. The number of nitrogens with zero attached hydrogens (tertiary/aromatic N) is 6. The van der Waals surface area contributed by atoms with Crippen LogP contribution in [0.15, 0.2) is 42.5 Å². The van der Waals surface area contributed by atoms with E-state index in [1.54, 1.807) is 23.9 Å². The standard InChI is InChI=1S/C30H41FN8O/c1-4-38-13-11-28(33-30(40)32-27-15-21(2)14-24(17-27)29-34-35-36-37(29)3)25(19-38)20-39-12-5-6-23(18-39)16-22-7-9-26(31)10-8-22/h7-10,14-15,17,23,25,28H,4-6,11-13,16,18-20H2,1-3H3,(H2,32,33,40)/t23-,25-,28+/m0/s1. The lowest BCUT2D eigenvalue weighted by molar-refractivity contribution is 0.0876. The van der Waals surface area contributed by atoms with Crippen LogP contribution in [0, 0.1) is 24.6 Å². The molecule has 0 spiro atoms. The van der Waals surface area contributed by atoms with E-state index in [9.17, 15) is 9.18 Å². The predicted octanol–water partition coefficient (Wildman–Crippen LogP) is 4.11. The zero-order valence-corrected chi connectivity index (χ0v) is 23.8. The normalized spacial score (nSPS) is 22.2. The monoisotopic (exact) mass is 548 g/mol. The second-order valence-corrected chi connectivity index (χ2v) is 11.5. The van der Waals surface area contributed by atoms with Crippen molar-refractivity contribution >= 4 is 11.7 Å². The molecule has 9 nitrogen and oxygen atoms in total. The number of rotatable bonds is 8. The first-order valence-electron chi connectivity index (χ1n) is 14.5. The fourth-order valence-corrected chi connectivity index (χ4v) is 6.33. The van der Waals surface area contributed by atoms with E-state index in [0.29, 0.717) is 17.7 Å². The van der Waals surface area contributed by atoms with Gasteiger partial charge in [0.15, 0.2) is 5.82 Å². The second-order valence-electron chi connectivity index (χ2n) is 11.5.